The molecule has 2 atom stereocenters. The largest absolute Gasteiger partial charge is 0.314 e. The van der Waals surface area contributed by atoms with E-state index in [2.05, 4.69) is 17.3 Å². The van der Waals surface area contributed by atoms with Crippen molar-refractivity contribution in [2.24, 2.45) is 5.92 Å². The van der Waals surface area contributed by atoms with Crippen LogP contribution in [0.3, 0.4) is 0 Å². The van der Waals surface area contributed by atoms with E-state index in [-0.39, 0.29) is 10.6 Å². The average molecular weight is 275 g/mol. The first-order chi connectivity index (χ1) is 9.65. The van der Waals surface area contributed by atoms with Crippen LogP contribution in [0.2, 0.25) is 0 Å². The Morgan fingerprint density at radius 2 is 2.00 bits per heavy atom. The predicted octanol–water partition coefficient (Wildman–Crippen LogP) is 2.34. The van der Waals surface area contributed by atoms with Gasteiger partial charge in [0, 0.05) is 30.8 Å². The molecule has 1 aliphatic carbocycles. The molecule has 0 spiro atoms. The highest BCUT2D eigenvalue weighted by atomic mass is 16.6. The van der Waals surface area contributed by atoms with E-state index in [1.807, 2.05) is 12.1 Å². The summed E-state index contributed by atoms with van der Waals surface area (Å²) in [6.45, 7) is 2.15. The zero-order valence-corrected chi connectivity index (χ0v) is 11.8. The van der Waals surface area contributed by atoms with E-state index in [9.17, 15) is 10.1 Å². The molecule has 1 aromatic carbocycles. The quantitative estimate of drug-likeness (QED) is 0.662. The molecule has 108 valence electrons. The van der Waals surface area contributed by atoms with E-state index >= 15 is 0 Å². The van der Waals surface area contributed by atoms with E-state index in [1.165, 1.54) is 24.8 Å². The average Bonchev–Trinajstić information content (AvgIpc) is 3.20. The SMILES string of the molecule is CN1CCC(CNC2CC2)C1c1ccc([N+](=O)[O-])cc1. The summed E-state index contributed by atoms with van der Waals surface area (Å²) in [7, 11) is 2.14. The lowest BCUT2D eigenvalue weighted by atomic mass is 9.93. The molecule has 0 bridgehead atoms. The molecule has 2 fully saturated rings. The van der Waals surface area contributed by atoms with Crippen molar-refractivity contribution in [3.63, 3.8) is 0 Å². The highest BCUT2D eigenvalue weighted by Crippen LogP contribution is 2.36. The van der Waals surface area contributed by atoms with Crippen LogP contribution in [-0.2, 0) is 0 Å². The summed E-state index contributed by atoms with van der Waals surface area (Å²) in [6.07, 6.45) is 3.81. The smallest absolute Gasteiger partial charge is 0.269 e. The Morgan fingerprint density at radius 1 is 1.30 bits per heavy atom. The van der Waals surface area contributed by atoms with Gasteiger partial charge in [0.05, 0.1) is 4.92 Å². The third kappa shape index (κ3) is 2.83. The van der Waals surface area contributed by atoms with Crippen LogP contribution in [0.25, 0.3) is 0 Å². The Kier molecular flexibility index (Phi) is 3.72. The van der Waals surface area contributed by atoms with Crippen LogP contribution in [0, 0.1) is 16.0 Å². The molecule has 1 heterocycles. The molecule has 0 amide bonds. The summed E-state index contributed by atoms with van der Waals surface area (Å²) in [4.78, 5) is 12.8. The lowest BCUT2D eigenvalue weighted by Gasteiger charge is -2.25. The Morgan fingerprint density at radius 3 is 2.60 bits per heavy atom. The van der Waals surface area contributed by atoms with Gasteiger partial charge in [-0.1, -0.05) is 12.1 Å². The van der Waals surface area contributed by atoms with Gasteiger partial charge in [0.2, 0.25) is 0 Å². The normalized spacial score (nSPS) is 26.9. The number of nitrogens with one attached hydrogen (secondary N) is 1. The lowest BCUT2D eigenvalue weighted by molar-refractivity contribution is -0.384. The molecule has 1 aromatic rings. The first kappa shape index (κ1) is 13.5. The fourth-order valence-corrected chi connectivity index (χ4v) is 3.17. The second kappa shape index (κ2) is 5.50. The third-order valence-electron chi connectivity index (χ3n) is 4.47. The standard InChI is InChI=1S/C15H21N3O2/c1-17-9-8-12(10-16-13-4-5-13)15(17)11-2-6-14(7-3-11)18(19)20/h2-3,6-7,12-13,15-16H,4-5,8-10H2,1H3. The number of hydrogen-bond donors (Lipinski definition) is 1. The van der Waals surface area contributed by atoms with Crippen molar-refractivity contribution in [3.8, 4) is 0 Å². The summed E-state index contributed by atoms with van der Waals surface area (Å²) in [5.74, 6) is 0.599. The van der Waals surface area contributed by atoms with Crippen LogP contribution in [0.1, 0.15) is 30.9 Å². The van der Waals surface area contributed by atoms with Crippen molar-refractivity contribution >= 4 is 5.69 Å². The van der Waals surface area contributed by atoms with Crippen molar-refractivity contribution < 1.29 is 4.92 Å². The molecule has 1 aliphatic heterocycles. The molecular weight excluding hydrogens is 254 g/mol. The zero-order valence-electron chi connectivity index (χ0n) is 11.8. The van der Waals surface area contributed by atoms with Gasteiger partial charge >= 0.3 is 0 Å². The Hall–Kier alpha value is -1.46. The second-order valence-electron chi connectivity index (χ2n) is 6.01. The van der Waals surface area contributed by atoms with E-state index < -0.39 is 0 Å². The van der Waals surface area contributed by atoms with Gasteiger partial charge < -0.3 is 5.32 Å². The van der Waals surface area contributed by atoms with Crippen molar-refractivity contribution in [1.29, 1.82) is 0 Å². The number of rotatable bonds is 5. The van der Waals surface area contributed by atoms with Crippen LogP contribution in [0.15, 0.2) is 24.3 Å². The maximum Gasteiger partial charge on any atom is 0.269 e. The van der Waals surface area contributed by atoms with Crippen LogP contribution in [-0.4, -0.2) is 36.0 Å². The Bertz CT molecular complexity index is 484. The summed E-state index contributed by atoms with van der Waals surface area (Å²) in [6, 6.07) is 8.17. The number of hydrogen-bond acceptors (Lipinski definition) is 4. The number of nitro benzene ring substituents is 1. The van der Waals surface area contributed by atoms with Gasteiger partial charge in [-0.25, -0.2) is 0 Å². The fourth-order valence-electron chi connectivity index (χ4n) is 3.17. The fraction of sp³-hybridized carbons (Fsp3) is 0.600. The Balaban J connectivity index is 1.72. The van der Waals surface area contributed by atoms with Crippen LogP contribution in [0.5, 0.6) is 0 Å². The van der Waals surface area contributed by atoms with E-state index in [0.717, 1.165) is 19.1 Å². The molecule has 20 heavy (non-hydrogen) atoms. The maximum absolute atomic E-state index is 10.7. The van der Waals surface area contributed by atoms with Gasteiger partial charge in [-0.15, -0.1) is 0 Å². The van der Waals surface area contributed by atoms with Crippen LogP contribution in [0.4, 0.5) is 5.69 Å². The topological polar surface area (TPSA) is 58.4 Å². The zero-order chi connectivity index (χ0) is 14.1. The minimum absolute atomic E-state index is 0.169. The van der Waals surface area contributed by atoms with Crippen molar-refractivity contribution in [1.82, 2.24) is 10.2 Å². The second-order valence-corrected chi connectivity index (χ2v) is 6.01. The summed E-state index contributed by atoms with van der Waals surface area (Å²) in [5, 5.41) is 14.3. The molecule has 1 saturated carbocycles. The molecule has 3 rings (SSSR count). The van der Waals surface area contributed by atoms with Gasteiger partial charge in [-0.05, 0) is 44.3 Å². The first-order valence-electron chi connectivity index (χ1n) is 7.33. The van der Waals surface area contributed by atoms with Gasteiger partial charge in [0.15, 0.2) is 0 Å². The number of nitro groups is 1. The summed E-state index contributed by atoms with van der Waals surface area (Å²) in [5.41, 5.74) is 1.36. The molecule has 5 nitrogen and oxygen atoms in total. The van der Waals surface area contributed by atoms with Crippen LogP contribution < -0.4 is 5.32 Å². The minimum atomic E-state index is -0.339. The summed E-state index contributed by atoms with van der Waals surface area (Å²) >= 11 is 0. The van der Waals surface area contributed by atoms with Gasteiger partial charge in [-0.2, -0.15) is 0 Å². The van der Waals surface area contributed by atoms with Gasteiger partial charge in [-0.3, -0.25) is 15.0 Å². The third-order valence-corrected chi connectivity index (χ3v) is 4.47. The summed E-state index contributed by atoms with van der Waals surface area (Å²) < 4.78 is 0. The highest BCUT2D eigenvalue weighted by Gasteiger charge is 2.34. The molecular formula is C15H21N3O2. The molecule has 1 saturated heterocycles. The van der Waals surface area contributed by atoms with Gasteiger partial charge in [0.25, 0.3) is 5.69 Å². The van der Waals surface area contributed by atoms with E-state index in [0.29, 0.717) is 12.0 Å². The van der Waals surface area contributed by atoms with Gasteiger partial charge in [0.1, 0.15) is 0 Å². The molecule has 0 aromatic heterocycles. The number of benzene rings is 1. The lowest BCUT2D eigenvalue weighted by Crippen LogP contribution is -2.29. The molecule has 1 N–H and O–H groups in total. The van der Waals surface area contributed by atoms with Crippen molar-refractivity contribution in [2.45, 2.75) is 31.3 Å². The molecule has 2 aliphatic rings. The molecule has 2 unspecified atom stereocenters. The van der Waals surface area contributed by atoms with E-state index in [4.69, 9.17) is 0 Å². The number of likely N-dealkylation sites (tertiary alicyclic amines) is 1. The van der Waals surface area contributed by atoms with E-state index in [1.54, 1.807) is 12.1 Å². The highest BCUT2D eigenvalue weighted by molar-refractivity contribution is 5.34. The maximum atomic E-state index is 10.7. The molecule has 5 heteroatoms. The minimum Gasteiger partial charge on any atom is -0.314 e. The monoisotopic (exact) mass is 275 g/mol. The number of nitrogens with zero attached hydrogens (tertiary/aromatic N) is 2. The number of non-ortho nitro benzene ring substituents is 1. The van der Waals surface area contributed by atoms with Crippen molar-refractivity contribution in [3.05, 3.63) is 39.9 Å². The predicted molar refractivity (Wildman–Crippen MR) is 77.6 cm³/mol. The first-order valence-corrected chi connectivity index (χ1v) is 7.33. The van der Waals surface area contributed by atoms with Crippen LogP contribution >= 0.6 is 0 Å². The van der Waals surface area contributed by atoms with Crippen molar-refractivity contribution in [2.75, 3.05) is 20.1 Å². The Labute approximate surface area is 119 Å². The molecule has 0 radical (unpaired) electrons.